The Morgan fingerprint density at radius 2 is 2.08 bits per heavy atom. The standard InChI is InChI=1S/C8H11BrO3/c9-5-8(11)12-7-3-1-6(10)2-4-7/h7H,1-5H2. The van der Waals surface area contributed by atoms with E-state index in [0.29, 0.717) is 25.7 Å². The van der Waals surface area contributed by atoms with Crippen molar-refractivity contribution in [3.63, 3.8) is 0 Å². The van der Waals surface area contributed by atoms with Gasteiger partial charge in [-0.25, -0.2) is 0 Å². The number of hydrogen-bond donors (Lipinski definition) is 0. The molecule has 1 aliphatic rings. The van der Waals surface area contributed by atoms with Crippen LogP contribution in [-0.4, -0.2) is 23.2 Å². The molecule has 0 radical (unpaired) electrons. The number of Topliss-reactive ketones (excluding diaryl/α,β-unsaturated/α-hetero) is 1. The van der Waals surface area contributed by atoms with Gasteiger partial charge in [-0.1, -0.05) is 15.9 Å². The molecule has 0 aliphatic heterocycles. The number of rotatable bonds is 2. The molecule has 0 aromatic heterocycles. The molecule has 4 heteroatoms. The molecule has 12 heavy (non-hydrogen) atoms. The van der Waals surface area contributed by atoms with E-state index < -0.39 is 0 Å². The summed E-state index contributed by atoms with van der Waals surface area (Å²) in [6.45, 7) is 0. The number of ketones is 1. The van der Waals surface area contributed by atoms with E-state index in [-0.39, 0.29) is 23.2 Å². The Bertz CT molecular complexity index is 181. The molecule has 0 heterocycles. The summed E-state index contributed by atoms with van der Waals surface area (Å²) < 4.78 is 5.05. The lowest BCUT2D eigenvalue weighted by atomic mass is 9.97. The first-order valence-corrected chi connectivity index (χ1v) is 5.11. The molecule has 0 atom stereocenters. The predicted molar refractivity (Wildman–Crippen MR) is 47.1 cm³/mol. The summed E-state index contributed by atoms with van der Waals surface area (Å²) in [6.07, 6.45) is 2.46. The zero-order valence-corrected chi connectivity index (χ0v) is 8.30. The number of carbonyl (C=O) groups excluding carboxylic acids is 2. The molecule has 1 saturated carbocycles. The lowest BCUT2D eigenvalue weighted by Gasteiger charge is -2.20. The van der Waals surface area contributed by atoms with Crippen LogP contribution in [0, 0.1) is 0 Å². The van der Waals surface area contributed by atoms with Crippen molar-refractivity contribution in [2.24, 2.45) is 0 Å². The van der Waals surface area contributed by atoms with Crippen molar-refractivity contribution in [3.8, 4) is 0 Å². The summed E-state index contributed by atoms with van der Waals surface area (Å²) in [5.74, 6) is 0.0375. The molecule has 0 aromatic rings. The highest BCUT2D eigenvalue weighted by Crippen LogP contribution is 2.18. The number of esters is 1. The predicted octanol–water partition coefficient (Wildman–Crippen LogP) is 1.44. The fourth-order valence-electron chi connectivity index (χ4n) is 1.25. The molecular formula is C8H11BrO3. The van der Waals surface area contributed by atoms with Crippen LogP contribution in [0.15, 0.2) is 0 Å². The van der Waals surface area contributed by atoms with E-state index in [4.69, 9.17) is 4.74 Å². The molecule has 0 amide bonds. The SMILES string of the molecule is O=C1CCC(OC(=O)CBr)CC1. The van der Waals surface area contributed by atoms with Crippen molar-refractivity contribution >= 4 is 27.7 Å². The number of halogens is 1. The van der Waals surface area contributed by atoms with Crippen molar-refractivity contribution in [3.05, 3.63) is 0 Å². The minimum atomic E-state index is -0.241. The molecule has 68 valence electrons. The second-order valence-corrected chi connectivity index (χ2v) is 3.42. The lowest BCUT2D eigenvalue weighted by Crippen LogP contribution is -2.24. The summed E-state index contributed by atoms with van der Waals surface area (Å²) in [7, 11) is 0. The van der Waals surface area contributed by atoms with Crippen LogP contribution < -0.4 is 0 Å². The Kier molecular flexibility index (Phi) is 3.72. The van der Waals surface area contributed by atoms with Gasteiger partial charge in [0.1, 0.15) is 17.2 Å². The van der Waals surface area contributed by atoms with Crippen LogP contribution in [0.2, 0.25) is 0 Å². The normalized spacial score (nSPS) is 19.2. The quantitative estimate of drug-likeness (QED) is 0.537. The van der Waals surface area contributed by atoms with Gasteiger partial charge >= 0.3 is 5.97 Å². The Balaban J connectivity index is 2.26. The van der Waals surface area contributed by atoms with E-state index in [9.17, 15) is 9.59 Å². The van der Waals surface area contributed by atoms with Crippen LogP contribution >= 0.6 is 15.9 Å². The molecular weight excluding hydrogens is 224 g/mol. The van der Waals surface area contributed by atoms with Gasteiger partial charge in [0.15, 0.2) is 0 Å². The Hall–Kier alpha value is -0.380. The molecule has 1 aliphatic carbocycles. The molecule has 0 spiro atoms. The van der Waals surface area contributed by atoms with Crippen LogP contribution in [0.3, 0.4) is 0 Å². The Morgan fingerprint density at radius 3 is 2.58 bits per heavy atom. The largest absolute Gasteiger partial charge is 0.462 e. The highest BCUT2D eigenvalue weighted by atomic mass is 79.9. The maximum absolute atomic E-state index is 10.8. The van der Waals surface area contributed by atoms with Crippen molar-refractivity contribution < 1.29 is 14.3 Å². The van der Waals surface area contributed by atoms with E-state index in [2.05, 4.69) is 15.9 Å². The number of hydrogen-bond acceptors (Lipinski definition) is 3. The second kappa shape index (κ2) is 4.60. The minimum Gasteiger partial charge on any atom is -0.462 e. The minimum absolute atomic E-state index is 0.0345. The van der Waals surface area contributed by atoms with E-state index in [1.54, 1.807) is 0 Å². The van der Waals surface area contributed by atoms with Gasteiger partial charge in [0.2, 0.25) is 0 Å². The Labute approximate surface area is 79.6 Å². The first kappa shape index (κ1) is 9.71. The van der Waals surface area contributed by atoms with Crippen LogP contribution in [0.25, 0.3) is 0 Å². The van der Waals surface area contributed by atoms with E-state index in [1.807, 2.05) is 0 Å². The Morgan fingerprint density at radius 1 is 1.50 bits per heavy atom. The van der Waals surface area contributed by atoms with Gasteiger partial charge in [0.25, 0.3) is 0 Å². The van der Waals surface area contributed by atoms with Crippen molar-refractivity contribution in [2.75, 3.05) is 5.33 Å². The van der Waals surface area contributed by atoms with Gasteiger partial charge in [-0.2, -0.15) is 0 Å². The first-order chi connectivity index (χ1) is 5.72. The maximum Gasteiger partial charge on any atom is 0.316 e. The van der Waals surface area contributed by atoms with Crippen molar-refractivity contribution in [1.82, 2.24) is 0 Å². The summed E-state index contributed by atoms with van der Waals surface area (Å²) in [6, 6.07) is 0. The summed E-state index contributed by atoms with van der Waals surface area (Å²) in [4.78, 5) is 21.6. The third-order valence-electron chi connectivity index (χ3n) is 1.90. The average molecular weight is 235 g/mol. The van der Waals surface area contributed by atoms with E-state index in [1.165, 1.54) is 0 Å². The topological polar surface area (TPSA) is 43.4 Å². The second-order valence-electron chi connectivity index (χ2n) is 2.86. The third kappa shape index (κ3) is 2.93. The number of alkyl halides is 1. The van der Waals surface area contributed by atoms with Gasteiger partial charge in [-0.15, -0.1) is 0 Å². The van der Waals surface area contributed by atoms with Gasteiger partial charge in [-0.3, -0.25) is 9.59 Å². The van der Waals surface area contributed by atoms with Gasteiger partial charge in [0.05, 0.1) is 0 Å². The van der Waals surface area contributed by atoms with Crippen LogP contribution in [0.5, 0.6) is 0 Å². The maximum atomic E-state index is 10.8. The molecule has 0 bridgehead atoms. The summed E-state index contributed by atoms with van der Waals surface area (Å²) >= 11 is 3.01. The van der Waals surface area contributed by atoms with Crippen LogP contribution in [-0.2, 0) is 14.3 Å². The molecule has 1 fully saturated rings. The molecule has 0 N–H and O–H groups in total. The van der Waals surface area contributed by atoms with Crippen molar-refractivity contribution in [2.45, 2.75) is 31.8 Å². The highest BCUT2D eigenvalue weighted by molar-refractivity contribution is 9.09. The number of ether oxygens (including phenoxy) is 1. The van der Waals surface area contributed by atoms with Crippen LogP contribution in [0.4, 0.5) is 0 Å². The monoisotopic (exact) mass is 234 g/mol. The summed E-state index contributed by atoms with van der Waals surface area (Å²) in [5, 5.41) is 0.234. The molecule has 1 rings (SSSR count). The fourth-order valence-corrected chi connectivity index (χ4v) is 1.38. The van der Waals surface area contributed by atoms with Crippen LogP contribution in [0.1, 0.15) is 25.7 Å². The van der Waals surface area contributed by atoms with Gasteiger partial charge < -0.3 is 4.74 Å². The molecule has 3 nitrogen and oxygen atoms in total. The third-order valence-corrected chi connectivity index (χ3v) is 2.36. The van der Waals surface area contributed by atoms with E-state index in [0.717, 1.165) is 0 Å². The number of carbonyl (C=O) groups is 2. The molecule has 0 aromatic carbocycles. The average Bonchev–Trinajstić information content (AvgIpc) is 2.09. The summed E-state index contributed by atoms with van der Waals surface area (Å²) in [5.41, 5.74) is 0. The smallest absolute Gasteiger partial charge is 0.316 e. The van der Waals surface area contributed by atoms with E-state index >= 15 is 0 Å². The van der Waals surface area contributed by atoms with Gasteiger partial charge in [-0.05, 0) is 12.8 Å². The van der Waals surface area contributed by atoms with Crippen molar-refractivity contribution in [1.29, 1.82) is 0 Å². The zero-order chi connectivity index (χ0) is 8.97. The highest BCUT2D eigenvalue weighted by Gasteiger charge is 2.21. The fraction of sp³-hybridized carbons (Fsp3) is 0.750. The lowest BCUT2D eigenvalue weighted by molar-refractivity contribution is -0.148. The van der Waals surface area contributed by atoms with Gasteiger partial charge in [0, 0.05) is 12.8 Å². The molecule has 0 saturated heterocycles. The first-order valence-electron chi connectivity index (χ1n) is 3.99. The molecule has 0 unspecified atom stereocenters. The zero-order valence-electron chi connectivity index (χ0n) is 6.72.